The summed E-state index contributed by atoms with van der Waals surface area (Å²) in [6.07, 6.45) is 5.99. The van der Waals surface area contributed by atoms with Crippen molar-refractivity contribution in [1.82, 2.24) is 10.2 Å². The zero-order chi connectivity index (χ0) is 12.1. The SMILES string of the molecule is CN1CCCCC1CCNCC1(O)CCOC1. The average molecular weight is 242 g/mol. The fourth-order valence-corrected chi connectivity index (χ4v) is 2.83. The maximum Gasteiger partial charge on any atom is 0.102 e. The van der Waals surface area contributed by atoms with Crippen molar-refractivity contribution in [2.24, 2.45) is 0 Å². The van der Waals surface area contributed by atoms with Crippen LogP contribution in [0.4, 0.5) is 0 Å². The Morgan fingerprint density at radius 3 is 3.06 bits per heavy atom. The van der Waals surface area contributed by atoms with Crippen LogP contribution in [0.1, 0.15) is 32.1 Å². The molecular formula is C13H26N2O2. The monoisotopic (exact) mass is 242 g/mol. The molecule has 0 saturated carbocycles. The van der Waals surface area contributed by atoms with Crippen LogP contribution >= 0.6 is 0 Å². The van der Waals surface area contributed by atoms with E-state index in [4.69, 9.17) is 4.74 Å². The molecule has 2 saturated heterocycles. The van der Waals surface area contributed by atoms with E-state index in [-0.39, 0.29) is 0 Å². The van der Waals surface area contributed by atoms with Gasteiger partial charge in [0.25, 0.3) is 0 Å². The van der Waals surface area contributed by atoms with Gasteiger partial charge in [0.05, 0.1) is 6.61 Å². The largest absolute Gasteiger partial charge is 0.386 e. The van der Waals surface area contributed by atoms with Crippen molar-refractivity contribution >= 4 is 0 Å². The molecule has 0 aromatic rings. The molecule has 2 unspecified atom stereocenters. The molecule has 2 fully saturated rings. The predicted octanol–water partition coefficient (Wildman–Crippen LogP) is 0.602. The normalized spacial score (nSPS) is 35.3. The molecule has 4 heteroatoms. The Morgan fingerprint density at radius 1 is 1.47 bits per heavy atom. The molecule has 0 bridgehead atoms. The second kappa shape index (κ2) is 6.14. The van der Waals surface area contributed by atoms with Gasteiger partial charge in [-0.2, -0.15) is 0 Å². The van der Waals surface area contributed by atoms with Crippen molar-refractivity contribution in [3.05, 3.63) is 0 Å². The minimum atomic E-state index is -0.613. The minimum Gasteiger partial charge on any atom is -0.386 e. The van der Waals surface area contributed by atoms with E-state index in [0.29, 0.717) is 19.8 Å². The number of hydrogen-bond acceptors (Lipinski definition) is 4. The fraction of sp³-hybridized carbons (Fsp3) is 1.00. The van der Waals surface area contributed by atoms with Crippen LogP contribution in [-0.2, 0) is 4.74 Å². The summed E-state index contributed by atoms with van der Waals surface area (Å²) in [5.41, 5.74) is -0.613. The number of aliphatic hydroxyl groups is 1. The van der Waals surface area contributed by atoms with Gasteiger partial charge in [-0.3, -0.25) is 0 Å². The van der Waals surface area contributed by atoms with Gasteiger partial charge in [0.15, 0.2) is 0 Å². The van der Waals surface area contributed by atoms with Gasteiger partial charge in [0.2, 0.25) is 0 Å². The van der Waals surface area contributed by atoms with E-state index in [1.807, 2.05) is 0 Å². The lowest BCUT2D eigenvalue weighted by Gasteiger charge is -2.32. The van der Waals surface area contributed by atoms with Crippen LogP contribution in [0.5, 0.6) is 0 Å². The summed E-state index contributed by atoms with van der Waals surface area (Å²) in [6, 6.07) is 0.728. The van der Waals surface area contributed by atoms with E-state index in [2.05, 4.69) is 17.3 Å². The topological polar surface area (TPSA) is 44.7 Å². The van der Waals surface area contributed by atoms with Gasteiger partial charge in [-0.05, 0) is 39.4 Å². The molecule has 100 valence electrons. The fourth-order valence-electron chi connectivity index (χ4n) is 2.83. The second-order valence-corrected chi connectivity index (χ2v) is 5.62. The van der Waals surface area contributed by atoms with Crippen molar-refractivity contribution in [3.63, 3.8) is 0 Å². The molecule has 2 heterocycles. The van der Waals surface area contributed by atoms with Gasteiger partial charge < -0.3 is 20.1 Å². The molecule has 2 atom stereocenters. The molecule has 17 heavy (non-hydrogen) atoms. The van der Waals surface area contributed by atoms with E-state index in [1.165, 1.54) is 32.2 Å². The molecule has 4 nitrogen and oxygen atoms in total. The number of ether oxygens (including phenoxy) is 1. The lowest BCUT2D eigenvalue weighted by molar-refractivity contribution is 0.0266. The second-order valence-electron chi connectivity index (χ2n) is 5.62. The molecule has 0 aliphatic carbocycles. The van der Waals surface area contributed by atoms with Gasteiger partial charge in [-0.25, -0.2) is 0 Å². The molecule has 0 spiro atoms. The Labute approximate surface area is 104 Å². The zero-order valence-electron chi connectivity index (χ0n) is 11.0. The quantitative estimate of drug-likeness (QED) is 0.693. The molecule has 0 radical (unpaired) electrons. The molecule has 2 rings (SSSR count). The van der Waals surface area contributed by atoms with Crippen molar-refractivity contribution in [1.29, 1.82) is 0 Å². The van der Waals surface area contributed by atoms with E-state index in [1.54, 1.807) is 0 Å². The third-order valence-electron chi connectivity index (χ3n) is 4.11. The molecule has 0 aromatic heterocycles. The number of nitrogens with one attached hydrogen (secondary N) is 1. The van der Waals surface area contributed by atoms with Crippen molar-refractivity contribution in [2.45, 2.75) is 43.7 Å². The number of hydrogen-bond donors (Lipinski definition) is 2. The van der Waals surface area contributed by atoms with E-state index in [0.717, 1.165) is 19.0 Å². The van der Waals surface area contributed by atoms with Gasteiger partial charge in [-0.15, -0.1) is 0 Å². The zero-order valence-corrected chi connectivity index (χ0v) is 11.0. The molecule has 0 amide bonds. The number of nitrogens with zero attached hydrogens (tertiary/aromatic N) is 1. The van der Waals surface area contributed by atoms with Crippen LogP contribution < -0.4 is 5.32 Å². The highest BCUT2D eigenvalue weighted by Gasteiger charge is 2.31. The first kappa shape index (κ1) is 13.3. The van der Waals surface area contributed by atoms with Crippen LogP contribution in [0.25, 0.3) is 0 Å². The van der Waals surface area contributed by atoms with E-state index in [9.17, 15) is 5.11 Å². The van der Waals surface area contributed by atoms with Gasteiger partial charge >= 0.3 is 0 Å². The Hall–Kier alpha value is -0.160. The summed E-state index contributed by atoms with van der Waals surface area (Å²) < 4.78 is 5.23. The molecule has 0 aromatic carbocycles. The summed E-state index contributed by atoms with van der Waals surface area (Å²) in [6.45, 7) is 4.09. The molecule has 2 aliphatic heterocycles. The average Bonchev–Trinajstić information content (AvgIpc) is 2.74. The smallest absolute Gasteiger partial charge is 0.102 e. The molecular weight excluding hydrogens is 216 g/mol. The van der Waals surface area contributed by atoms with Gasteiger partial charge in [0.1, 0.15) is 5.60 Å². The molecule has 2 aliphatic rings. The Morgan fingerprint density at radius 2 is 2.35 bits per heavy atom. The predicted molar refractivity (Wildman–Crippen MR) is 68.1 cm³/mol. The number of piperidine rings is 1. The standard InChI is InChI=1S/C13H26N2O2/c1-15-8-3-2-4-12(15)5-7-14-10-13(16)6-9-17-11-13/h12,14,16H,2-11H2,1H3. The van der Waals surface area contributed by atoms with Crippen molar-refractivity contribution in [2.75, 3.05) is 39.9 Å². The molecule has 2 N–H and O–H groups in total. The summed E-state index contributed by atoms with van der Waals surface area (Å²) in [5.74, 6) is 0. The first-order chi connectivity index (χ1) is 8.20. The van der Waals surface area contributed by atoms with Crippen LogP contribution in [0.15, 0.2) is 0 Å². The minimum absolute atomic E-state index is 0.489. The highest BCUT2D eigenvalue weighted by Crippen LogP contribution is 2.18. The highest BCUT2D eigenvalue weighted by molar-refractivity contribution is 4.85. The summed E-state index contributed by atoms with van der Waals surface area (Å²) in [4.78, 5) is 2.47. The Balaban J connectivity index is 1.59. The first-order valence-electron chi connectivity index (χ1n) is 6.91. The number of rotatable bonds is 5. The highest BCUT2D eigenvalue weighted by atomic mass is 16.5. The van der Waals surface area contributed by atoms with Gasteiger partial charge in [-0.1, -0.05) is 6.42 Å². The summed E-state index contributed by atoms with van der Waals surface area (Å²) >= 11 is 0. The van der Waals surface area contributed by atoms with Crippen LogP contribution in [0.3, 0.4) is 0 Å². The lowest BCUT2D eigenvalue weighted by Crippen LogP contribution is -2.43. The van der Waals surface area contributed by atoms with E-state index >= 15 is 0 Å². The summed E-state index contributed by atoms with van der Waals surface area (Å²) in [5, 5.41) is 13.5. The Kier molecular flexibility index (Phi) is 4.79. The van der Waals surface area contributed by atoms with Crippen LogP contribution in [-0.4, -0.2) is 61.5 Å². The van der Waals surface area contributed by atoms with Crippen molar-refractivity contribution < 1.29 is 9.84 Å². The summed E-state index contributed by atoms with van der Waals surface area (Å²) in [7, 11) is 2.22. The Bertz CT molecular complexity index is 229. The van der Waals surface area contributed by atoms with Crippen LogP contribution in [0.2, 0.25) is 0 Å². The lowest BCUT2D eigenvalue weighted by atomic mass is 9.99. The third kappa shape index (κ3) is 3.91. The van der Waals surface area contributed by atoms with E-state index < -0.39 is 5.60 Å². The first-order valence-corrected chi connectivity index (χ1v) is 6.91. The van der Waals surface area contributed by atoms with Crippen molar-refractivity contribution in [3.8, 4) is 0 Å². The number of likely N-dealkylation sites (tertiary alicyclic amines) is 1. The third-order valence-corrected chi connectivity index (χ3v) is 4.11. The maximum atomic E-state index is 10.1. The van der Waals surface area contributed by atoms with Crippen LogP contribution in [0, 0.1) is 0 Å². The van der Waals surface area contributed by atoms with Gasteiger partial charge in [0, 0.05) is 25.6 Å². The maximum absolute atomic E-state index is 10.1.